The lowest BCUT2D eigenvalue weighted by Gasteiger charge is -2.38. The number of halogens is 4. The van der Waals surface area contributed by atoms with Gasteiger partial charge >= 0.3 is 6.18 Å². The van der Waals surface area contributed by atoms with Gasteiger partial charge in [0.25, 0.3) is 0 Å². The highest BCUT2D eigenvalue weighted by Crippen LogP contribution is 2.34. The first-order chi connectivity index (χ1) is 14.2. The Labute approximate surface area is 178 Å². The fourth-order valence-corrected chi connectivity index (χ4v) is 3.62. The van der Waals surface area contributed by atoms with Crippen LogP contribution in [-0.2, 0) is 11.0 Å². The minimum Gasteiger partial charge on any atom is -0.372 e. The number of piperazine rings is 1. The van der Waals surface area contributed by atoms with Gasteiger partial charge < -0.3 is 15.1 Å². The predicted molar refractivity (Wildman–Crippen MR) is 112 cm³/mol. The summed E-state index contributed by atoms with van der Waals surface area (Å²) in [6, 6.07) is 8.22. The number of carbonyl (C=O) groups is 1. The summed E-state index contributed by atoms with van der Waals surface area (Å²) in [5.41, 5.74) is -0.514. The van der Waals surface area contributed by atoms with Crippen LogP contribution in [0.25, 0.3) is 0 Å². The number of hydrogen-bond acceptors (Lipinski definition) is 4. The van der Waals surface area contributed by atoms with Crippen molar-refractivity contribution in [3.63, 3.8) is 0 Å². The van der Waals surface area contributed by atoms with Crippen LogP contribution in [-0.4, -0.2) is 48.0 Å². The Hall–Kier alpha value is -2.48. The van der Waals surface area contributed by atoms with E-state index in [0.717, 1.165) is 18.0 Å². The molecule has 1 amide bonds. The van der Waals surface area contributed by atoms with Gasteiger partial charge in [0, 0.05) is 32.4 Å². The summed E-state index contributed by atoms with van der Waals surface area (Å²) in [6.07, 6.45) is -2.73. The smallest absolute Gasteiger partial charge is 0.372 e. The van der Waals surface area contributed by atoms with E-state index in [0.29, 0.717) is 31.9 Å². The number of aromatic nitrogens is 1. The molecular formula is C21H24ClF3N4O. The maximum Gasteiger partial charge on any atom is 0.416 e. The molecule has 1 fully saturated rings. The Morgan fingerprint density at radius 3 is 2.37 bits per heavy atom. The average Bonchev–Trinajstić information content (AvgIpc) is 2.72. The molecule has 1 aliphatic rings. The third kappa shape index (κ3) is 5.16. The molecule has 0 aliphatic carbocycles. The highest BCUT2D eigenvalue weighted by molar-refractivity contribution is 6.33. The lowest BCUT2D eigenvalue weighted by atomic mass is 10.0. The summed E-state index contributed by atoms with van der Waals surface area (Å²) in [5.74, 6) is 0.700. The first kappa shape index (κ1) is 22.2. The van der Waals surface area contributed by atoms with Gasteiger partial charge in [0.2, 0.25) is 5.91 Å². The number of nitrogens with one attached hydrogen (secondary N) is 1. The van der Waals surface area contributed by atoms with Crippen LogP contribution in [0.15, 0.2) is 42.6 Å². The van der Waals surface area contributed by atoms with E-state index in [4.69, 9.17) is 11.6 Å². The van der Waals surface area contributed by atoms with Gasteiger partial charge in [0.05, 0.1) is 16.3 Å². The van der Waals surface area contributed by atoms with E-state index in [1.165, 1.54) is 6.07 Å². The van der Waals surface area contributed by atoms with Crippen LogP contribution < -0.4 is 10.2 Å². The quantitative estimate of drug-likeness (QED) is 0.741. The molecule has 1 atom stereocenters. The van der Waals surface area contributed by atoms with E-state index in [2.05, 4.69) is 15.2 Å². The fraction of sp³-hybridized carbons (Fsp3) is 0.429. The summed E-state index contributed by atoms with van der Waals surface area (Å²) >= 11 is 6.06. The van der Waals surface area contributed by atoms with Gasteiger partial charge in [-0.3, -0.25) is 4.79 Å². The van der Waals surface area contributed by atoms with Gasteiger partial charge in [-0.15, -0.1) is 0 Å². The number of pyridine rings is 1. The molecule has 0 bridgehead atoms. The molecule has 0 spiro atoms. The van der Waals surface area contributed by atoms with Gasteiger partial charge in [0.15, 0.2) is 0 Å². The lowest BCUT2D eigenvalue weighted by molar-refractivity contribution is -0.137. The molecule has 5 nitrogen and oxygen atoms in total. The molecule has 0 unspecified atom stereocenters. The van der Waals surface area contributed by atoms with Crippen LogP contribution in [0.5, 0.6) is 0 Å². The zero-order valence-corrected chi connectivity index (χ0v) is 17.5. The molecule has 2 aromatic rings. The monoisotopic (exact) mass is 440 g/mol. The molecule has 30 heavy (non-hydrogen) atoms. The highest BCUT2D eigenvalue weighted by atomic mass is 35.5. The van der Waals surface area contributed by atoms with Crippen molar-refractivity contribution in [2.75, 3.05) is 36.4 Å². The van der Waals surface area contributed by atoms with E-state index in [1.807, 2.05) is 32.0 Å². The molecule has 3 rings (SSSR count). The van der Waals surface area contributed by atoms with Gasteiger partial charge in [0.1, 0.15) is 11.9 Å². The van der Waals surface area contributed by atoms with E-state index in [1.54, 1.807) is 11.1 Å². The molecule has 1 aliphatic heterocycles. The Morgan fingerprint density at radius 1 is 1.13 bits per heavy atom. The number of benzene rings is 1. The molecule has 1 aromatic heterocycles. The molecule has 9 heteroatoms. The second-order valence-electron chi connectivity index (χ2n) is 7.56. The number of alkyl halides is 3. The number of nitrogens with zero attached hydrogens (tertiary/aromatic N) is 3. The van der Waals surface area contributed by atoms with Crippen molar-refractivity contribution in [3.05, 3.63) is 53.2 Å². The lowest BCUT2D eigenvalue weighted by Crippen LogP contribution is -2.54. The maximum absolute atomic E-state index is 13.1. The van der Waals surface area contributed by atoms with Gasteiger partial charge in [-0.05, 0) is 36.2 Å². The van der Waals surface area contributed by atoms with Crippen LogP contribution in [0.3, 0.4) is 0 Å². The topological polar surface area (TPSA) is 48.5 Å². The van der Waals surface area contributed by atoms with Crippen LogP contribution in [0, 0.1) is 5.92 Å². The maximum atomic E-state index is 13.1. The Morgan fingerprint density at radius 2 is 1.83 bits per heavy atom. The minimum atomic E-state index is -4.47. The molecule has 0 saturated carbocycles. The summed E-state index contributed by atoms with van der Waals surface area (Å²) in [4.78, 5) is 21.4. The van der Waals surface area contributed by atoms with Crippen molar-refractivity contribution in [1.29, 1.82) is 0 Å². The van der Waals surface area contributed by atoms with Crippen molar-refractivity contribution < 1.29 is 18.0 Å². The largest absolute Gasteiger partial charge is 0.416 e. The molecule has 162 valence electrons. The molecule has 0 radical (unpaired) electrons. The zero-order valence-electron chi connectivity index (χ0n) is 16.8. The second kappa shape index (κ2) is 9.12. The third-order valence-corrected chi connectivity index (χ3v) is 5.42. The Kier molecular flexibility index (Phi) is 6.75. The van der Waals surface area contributed by atoms with Gasteiger partial charge in [-0.25, -0.2) is 4.98 Å². The van der Waals surface area contributed by atoms with Crippen molar-refractivity contribution in [2.45, 2.75) is 26.1 Å². The molecular weight excluding hydrogens is 417 g/mol. The number of hydrogen-bond donors (Lipinski definition) is 1. The zero-order chi connectivity index (χ0) is 21.9. The van der Waals surface area contributed by atoms with Crippen LogP contribution in [0.4, 0.5) is 24.7 Å². The number of anilines is 2. The Balaban J connectivity index is 1.67. The number of amides is 1. The number of rotatable bonds is 5. The summed E-state index contributed by atoms with van der Waals surface area (Å²) in [5, 5.41) is 2.98. The third-order valence-electron chi connectivity index (χ3n) is 5.10. The predicted octanol–water partition coefficient (Wildman–Crippen LogP) is 4.54. The highest BCUT2D eigenvalue weighted by Gasteiger charge is 2.33. The van der Waals surface area contributed by atoms with Crippen molar-refractivity contribution in [2.24, 2.45) is 5.92 Å². The van der Waals surface area contributed by atoms with Crippen LogP contribution in [0.1, 0.15) is 19.4 Å². The fourth-order valence-electron chi connectivity index (χ4n) is 3.38. The van der Waals surface area contributed by atoms with Gasteiger partial charge in [-0.2, -0.15) is 13.2 Å². The van der Waals surface area contributed by atoms with Crippen LogP contribution >= 0.6 is 11.6 Å². The molecule has 1 saturated heterocycles. The molecule has 1 aromatic carbocycles. The Bertz CT molecular complexity index is 868. The SMILES string of the molecule is CC(C)[C@H](Nc1ccc(C(F)(F)F)cc1Cl)C(=O)N1CCN(c2ccccn2)CC1. The van der Waals surface area contributed by atoms with Crippen LogP contribution in [0.2, 0.25) is 5.02 Å². The first-order valence-corrected chi connectivity index (χ1v) is 10.1. The average molecular weight is 441 g/mol. The second-order valence-corrected chi connectivity index (χ2v) is 7.97. The summed E-state index contributed by atoms with van der Waals surface area (Å²) in [6.45, 7) is 6.18. The minimum absolute atomic E-state index is 0.0664. The summed E-state index contributed by atoms with van der Waals surface area (Å²) < 4.78 is 38.6. The standard InChI is InChI=1S/C21H24ClF3N4O/c1-14(2)19(27-17-7-6-15(13-16(17)22)21(23,24)25)20(30)29-11-9-28(10-12-29)18-5-3-4-8-26-18/h3-8,13-14,19,27H,9-12H2,1-2H3/t19-/m0/s1. The molecule has 2 heterocycles. The number of carbonyl (C=O) groups excluding carboxylic acids is 1. The van der Waals surface area contributed by atoms with Crippen molar-refractivity contribution in [3.8, 4) is 0 Å². The normalized spacial score (nSPS) is 16.0. The van der Waals surface area contributed by atoms with Crippen molar-refractivity contribution in [1.82, 2.24) is 9.88 Å². The van der Waals surface area contributed by atoms with E-state index < -0.39 is 17.8 Å². The van der Waals surface area contributed by atoms with E-state index >= 15 is 0 Å². The first-order valence-electron chi connectivity index (χ1n) is 9.75. The summed E-state index contributed by atoms with van der Waals surface area (Å²) in [7, 11) is 0. The van der Waals surface area contributed by atoms with Gasteiger partial charge in [-0.1, -0.05) is 31.5 Å². The van der Waals surface area contributed by atoms with E-state index in [9.17, 15) is 18.0 Å². The van der Waals surface area contributed by atoms with E-state index in [-0.39, 0.29) is 16.8 Å². The molecule has 1 N–H and O–H groups in total. The van der Waals surface area contributed by atoms with Crippen molar-refractivity contribution >= 4 is 29.0 Å².